The van der Waals surface area contributed by atoms with Crippen LogP contribution < -0.4 is 20.4 Å². The van der Waals surface area contributed by atoms with Gasteiger partial charge < -0.3 is 20.3 Å². The van der Waals surface area contributed by atoms with Crippen LogP contribution in [-0.2, 0) is 9.53 Å². The molecule has 1 atom stereocenters. The fourth-order valence-electron chi connectivity index (χ4n) is 2.46. The van der Waals surface area contributed by atoms with Crippen molar-refractivity contribution in [3.8, 4) is 0 Å². The Morgan fingerprint density at radius 1 is 1.54 bits per heavy atom. The maximum atomic E-state index is 14.4. The molecule has 1 aliphatic heterocycles. The van der Waals surface area contributed by atoms with Crippen molar-refractivity contribution in [3.05, 3.63) is 24.0 Å². The SMILES string of the molecule is CNCC1CN(c2ccc(N(C=N)CCNC=O)c(F)c2)C(=O)O1. The highest BCUT2D eigenvalue weighted by Crippen LogP contribution is 2.27. The Labute approximate surface area is 139 Å². The Balaban J connectivity index is 2.12. The van der Waals surface area contributed by atoms with Crippen LogP contribution in [0.25, 0.3) is 0 Å². The Morgan fingerprint density at radius 3 is 2.96 bits per heavy atom. The Morgan fingerprint density at radius 2 is 2.33 bits per heavy atom. The number of nitrogens with one attached hydrogen (secondary N) is 3. The van der Waals surface area contributed by atoms with E-state index in [0.717, 1.165) is 6.34 Å². The van der Waals surface area contributed by atoms with Gasteiger partial charge in [0, 0.05) is 19.6 Å². The number of ether oxygens (including phenoxy) is 1. The largest absolute Gasteiger partial charge is 0.443 e. The van der Waals surface area contributed by atoms with Crippen molar-refractivity contribution in [1.82, 2.24) is 10.6 Å². The number of anilines is 2. The molecule has 24 heavy (non-hydrogen) atoms. The summed E-state index contributed by atoms with van der Waals surface area (Å²) in [5, 5.41) is 12.8. The van der Waals surface area contributed by atoms with E-state index in [1.807, 2.05) is 0 Å². The summed E-state index contributed by atoms with van der Waals surface area (Å²) in [5.74, 6) is -0.563. The molecule has 2 amide bonds. The van der Waals surface area contributed by atoms with Crippen molar-refractivity contribution in [2.75, 3.05) is 43.0 Å². The van der Waals surface area contributed by atoms with Gasteiger partial charge in [-0.1, -0.05) is 0 Å². The lowest BCUT2D eigenvalue weighted by Crippen LogP contribution is -2.31. The molecule has 0 bridgehead atoms. The van der Waals surface area contributed by atoms with Crippen LogP contribution in [0.2, 0.25) is 0 Å². The van der Waals surface area contributed by atoms with Crippen molar-refractivity contribution in [2.24, 2.45) is 0 Å². The molecule has 1 saturated heterocycles. The molecule has 0 aliphatic carbocycles. The number of cyclic esters (lactones) is 1. The second-order valence-corrected chi connectivity index (χ2v) is 5.20. The van der Waals surface area contributed by atoms with Gasteiger partial charge in [0.1, 0.15) is 11.9 Å². The molecule has 9 heteroatoms. The minimum Gasteiger partial charge on any atom is -0.443 e. The van der Waals surface area contributed by atoms with Crippen LogP contribution in [0, 0.1) is 11.2 Å². The van der Waals surface area contributed by atoms with Crippen molar-refractivity contribution < 1.29 is 18.7 Å². The van der Waals surface area contributed by atoms with Crippen LogP contribution in [-0.4, -0.2) is 58.2 Å². The standard InChI is InChI=1S/C15H20FN5O3/c1-18-7-12-8-21(15(23)24-12)11-2-3-14(13(16)6-11)20(9-17)5-4-19-10-22/h2-3,6,9-10,12,17-18H,4-5,7-8H2,1H3,(H,19,22). The molecule has 0 saturated carbocycles. The summed E-state index contributed by atoms with van der Waals surface area (Å²) in [7, 11) is 1.76. The average molecular weight is 337 g/mol. The average Bonchev–Trinajstić information content (AvgIpc) is 2.93. The normalized spacial score (nSPS) is 16.7. The highest BCUT2D eigenvalue weighted by atomic mass is 19.1. The molecule has 1 heterocycles. The predicted molar refractivity (Wildman–Crippen MR) is 88.1 cm³/mol. The summed E-state index contributed by atoms with van der Waals surface area (Å²) < 4.78 is 19.6. The van der Waals surface area contributed by atoms with E-state index in [0.29, 0.717) is 25.2 Å². The highest BCUT2D eigenvalue weighted by molar-refractivity contribution is 5.90. The van der Waals surface area contributed by atoms with E-state index in [2.05, 4.69) is 10.6 Å². The van der Waals surface area contributed by atoms with Crippen LogP contribution in [0.1, 0.15) is 0 Å². The Hall–Kier alpha value is -2.68. The molecule has 0 radical (unpaired) electrons. The van der Waals surface area contributed by atoms with Gasteiger partial charge in [-0.15, -0.1) is 0 Å². The molecule has 1 aliphatic rings. The third-order valence-electron chi connectivity index (χ3n) is 3.59. The van der Waals surface area contributed by atoms with E-state index >= 15 is 0 Å². The lowest BCUT2D eigenvalue weighted by atomic mass is 10.2. The first-order valence-electron chi connectivity index (χ1n) is 7.47. The van der Waals surface area contributed by atoms with Gasteiger partial charge in [0.2, 0.25) is 6.41 Å². The van der Waals surface area contributed by atoms with E-state index in [1.54, 1.807) is 13.1 Å². The fraction of sp³-hybridized carbons (Fsp3) is 0.400. The molecule has 3 N–H and O–H groups in total. The van der Waals surface area contributed by atoms with Gasteiger partial charge in [0.15, 0.2) is 0 Å². The second-order valence-electron chi connectivity index (χ2n) is 5.20. The molecule has 130 valence electrons. The van der Waals surface area contributed by atoms with Gasteiger partial charge in [-0.3, -0.25) is 15.1 Å². The lowest BCUT2D eigenvalue weighted by Gasteiger charge is -2.21. The van der Waals surface area contributed by atoms with Crippen LogP contribution in [0.3, 0.4) is 0 Å². The number of carbonyl (C=O) groups excluding carboxylic acids is 2. The van der Waals surface area contributed by atoms with Crippen molar-refractivity contribution in [1.29, 1.82) is 5.41 Å². The molecular formula is C15H20FN5O3. The summed E-state index contributed by atoms with van der Waals surface area (Å²) in [6.07, 6.45) is 0.735. The number of halogens is 1. The predicted octanol–water partition coefficient (Wildman–Crippen LogP) is 0.530. The van der Waals surface area contributed by atoms with Gasteiger partial charge in [-0.2, -0.15) is 0 Å². The number of benzene rings is 1. The molecule has 8 nitrogen and oxygen atoms in total. The minimum absolute atomic E-state index is 0.195. The Bertz CT molecular complexity index is 613. The first kappa shape index (κ1) is 17.7. The van der Waals surface area contributed by atoms with Crippen molar-refractivity contribution >= 4 is 30.2 Å². The van der Waals surface area contributed by atoms with E-state index in [-0.39, 0.29) is 24.9 Å². The minimum atomic E-state index is -0.563. The number of nitrogens with zero attached hydrogens (tertiary/aromatic N) is 2. The number of hydrogen-bond acceptors (Lipinski definition) is 5. The maximum Gasteiger partial charge on any atom is 0.414 e. The molecule has 1 unspecified atom stereocenters. The van der Waals surface area contributed by atoms with E-state index in [4.69, 9.17) is 10.1 Å². The molecule has 1 fully saturated rings. The van der Waals surface area contributed by atoms with Gasteiger partial charge >= 0.3 is 6.09 Å². The van der Waals surface area contributed by atoms with E-state index in [1.165, 1.54) is 21.9 Å². The zero-order chi connectivity index (χ0) is 17.5. The van der Waals surface area contributed by atoms with Gasteiger partial charge in [0.05, 0.1) is 24.3 Å². The van der Waals surface area contributed by atoms with E-state index in [9.17, 15) is 14.0 Å². The summed E-state index contributed by atoms with van der Waals surface area (Å²) in [4.78, 5) is 24.9. The monoisotopic (exact) mass is 337 g/mol. The van der Waals surface area contributed by atoms with Gasteiger partial charge in [-0.05, 0) is 25.2 Å². The molecule has 0 aromatic heterocycles. The van der Waals surface area contributed by atoms with Crippen molar-refractivity contribution in [2.45, 2.75) is 6.10 Å². The number of likely N-dealkylation sites (N-methyl/N-ethyl adjacent to an activating group) is 1. The van der Waals surface area contributed by atoms with Gasteiger partial charge in [-0.25, -0.2) is 9.18 Å². The topological polar surface area (TPSA) is 97.8 Å². The number of amides is 2. The summed E-state index contributed by atoms with van der Waals surface area (Å²) in [6, 6.07) is 4.34. The summed E-state index contributed by atoms with van der Waals surface area (Å²) in [5.41, 5.74) is 0.594. The van der Waals surface area contributed by atoms with Crippen LogP contribution in [0.5, 0.6) is 0 Å². The highest BCUT2D eigenvalue weighted by Gasteiger charge is 2.32. The second kappa shape index (κ2) is 8.25. The zero-order valence-corrected chi connectivity index (χ0v) is 13.3. The summed E-state index contributed by atoms with van der Waals surface area (Å²) in [6.45, 7) is 1.41. The molecule has 1 aromatic carbocycles. The number of hydrogen-bond donors (Lipinski definition) is 3. The van der Waals surface area contributed by atoms with Crippen molar-refractivity contribution in [3.63, 3.8) is 0 Å². The van der Waals surface area contributed by atoms with Crippen LogP contribution >= 0.6 is 0 Å². The first-order chi connectivity index (χ1) is 11.6. The Kier molecular flexibility index (Phi) is 6.07. The fourth-order valence-corrected chi connectivity index (χ4v) is 2.46. The third kappa shape index (κ3) is 3.99. The number of rotatable bonds is 9. The first-order valence-corrected chi connectivity index (χ1v) is 7.47. The molecular weight excluding hydrogens is 317 g/mol. The quantitative estimate of drug-likeness (QED) is 0.264. The molecule has 0 spiro atoms. The number of carbonyl (C=O) groups is 2. The molecule has 2 rings (SSSR count). The lowest BCUT2D eigenvalue weighted by molar-refractivity contribution is -0.109. The molecule has 1 aromatic rings. The van der Waals surface area contributed by atoms with Gasteiger partial charge in [0.25, 0.3) is 0 Å². The third-order valence-corrected chi connectivity index (χ3v) is 3.59. The maximum absolute atomic E-state index is 14.4. The van der Waals surface area contributed by atoms with Crippen LogP contribution in [0.15, 0.2) is 18.2 Å². The summed E-state index contributed by atoms with van der Waals surface area (Å²) >= 11 is 0. The van der Waals surface area contributed by atoms with E-state index < -0.39 is 11.9 Å². The smallest absolute Gasteiger partial charge is 0.414 e. The zero-order valence-electron chi connectivity index (χ0n) is 13.3. The van der Waals surface area contributed by atoms with Crippen LogP contribution in [0.4, 0.5) is 20.6 Å².